The third-order valence-electron chi connectivity index (χ3n) is 3.90. The van der Waals surface area contributed by atoms with Crippen LogP contribution in [0, 0.1) is 5.41 Å². The van der Waals surface area contributed by atoms with Crippen LogP contribution in [-0.2, 0) is 11.2 Å². The van der Waals surface area contributed by atoms with Crippen molar-refractivity contribution in [2.24, 2.45) is 5.41 Å². The fourth-order valence-corrected chi connectivity index (χ4v) is 4.40. The molecule has 0 radical (unpaired) electrons. The Hall–Kier alpha value is -0.0900. The van der Waals surface area contributed by atoms with Gasteiger partial charge in [-0.15, -0.1) is 0 Å². The Labute approximate surface area is 104 Å². The molecule has 1 unspecified atom stereocenters. The average Bonchev–Trinajstić information content (AvgIpc) is 2.54. The van der Waals surface area contributed by atoms with Crippen molar-refractivity contribution in [2.45, 2.75) is 23.2 Å². The van der Waals surface area contributed by atoms with Crippen molar-refractivity contribution in [1.82, 2.24) is 0 Å². The molecule has 1 aromatic rings. The van der Waals surface area contributed by atoms with Crippen LogP contribution in [0.1, 0.15) is 27.9 Å². The van der Waals surface area contributed by atoms with Crippen molar-refractivity contribution in [3.05, 3.63) is 35.4 Å². The fourth-order valence-electron chi connectivity index (χ4n) is 2.95. The Morgan fingerprint density at radius 3 is 2.67 bits per heavy atom. The molecule has 0 N–H and O–H groups in total. The summed E-state index contributed by atoms with van der Waals surface area (Å²) in [5.41, 5.74) is 3.64. The lowest BCUT2D eigenvalue weighted by atomic mass is 9.77. The molecule has 1 nitrogen and oxygen atoms in total. The molecule has 0 aromatic heterocycles. The van der Waals surface area contributed by atoms with Gasteiger partial charge in [-0.3, -0.25) is 0 Å². The summed E-state index contributed by atoms with van der Waals surface area (Å²) in [5, 5.41) is 0. The largest absolute Gasteiger partial charge is 0.381 e. The van der Waals surface area contributed by atoms with Crippen LogP contribution in [0.4, 0.5) is 0 Å². The predicted octanol–water partition coefficient (Wildman–Crippen LogP) is 3.52. The second-order valence-corrected chi connectivity index (χ2v) is 5.96. The third kappa shape index (κ3) is 1.53. The molecular weight excluding hydrogens is 299 g/mol. The highest BCUT2D eigenvalue weighted by atomic mass is 127. The Balaban J connectivity index is 1.98. The van der Waals surface area contributed by atoms with Crippen LogP contribution in [0.5, 0.6) is 0 Å². The monoisotopic (exact) mass is 314 g/mol. The SMILES string of the molecule is IC1c2ccccc2CC12CCOCC2. The van der Waals surface area contributed by atoms with Gasteiger partial charge < -0.3 is 4.74 Å². The van der Waals surface area contributed by atoms with Crippen LogP contribution in [0.25, 0.3) is 0 Å². The molecule has 1 spiro atoms. The summed E-state index contributed by atoms with van der Waals surface area (Å²) in [6.07, 6.45) is 3.73. The molecular formula is C13H15IO. The number of benzene rings is 1. The first-order valence-electron chi connectivity index (χ1n) is 5.61. The van der Waals surface area contributed by atoms with Crippen LogP contribution in [0.15, 0.2) is 24.3 Å². The van der Waals surface area contributed by atoms with E-state index < -0.39 is 0 Å². The van der Waals surface area contributed by atoms with Crippen LogP contribution < -0.4 is 0 Å². The topological polar surface area (TPSA) is 9.23 Å². The fraction of sp³-hybridized carbons (Fsp3) is 0.538. The van der Waals surface area contributed by atoms with Gasteiger partial charge in [-0.1, -0.05) is 46.9 Å². The highest BCUT2D eigenvalue weighted by Gasteiger charge is 2.45. The Bertz CT molecular complexity index is 369. The van der Waals surface area contributed by atoms with Gasteiger partial charge in [-0.2, -0.15) is 0 Å². The summed E-state index contributed by atoms with van der Waals surface area (Å²) in [4.78, 5) is 0. The zero-order valence-electron chi connectivity index (χ0n) is 8.71. The van der Waals surface area contributed by atoms with Gasteiger partial charge in [0.1, 0.15) is 0 Å². The van der Waals surface area contributed by atoms with Crippen molar-refractivity contribution in [3.63, 3.8) is 0 Å². The smallest absolute Gasteiger partial charge is 0.0471 e. The Morgan fingerprint density at radius 2 is 1.93 bits per heavy atom. The minimum Gasteiger partial charge on any atom is -0.381 e. The Morgan fingerprint density at radius 1 is 1.20 bits per heavy atom. The number of halogens is 1. The molecule has 1 aliphatic heterocycles. The van der Waals surface area contributed by atoms with Gasteiger partial charge in [-0.05, 0) is 35.8 Å². The van der Waals surface area contributed by atoms with Gasteiger partial charge in [-0.25, -0.2) is 0 Å². The molecule has 3 rings (SSSR count). The van der Waals surface area contributed by atoms with E-state index in [1.54, 1.807) is 11.1 Å². The van der Waals surface area contributed by atoms with Gasteiger partial charge in [0.05, 0.1) is 0 Å². The Kier molecular flexibility index (Phi) is 2.51. The van der Waals surface area contributed by atoms with E-state index in [4.69, 9.17) is 4.74 Å². The summed E-state index contributed by atoms with van der Waals surface area (Å²) >= 11 is 2.64. The standard InChI is InChI=1S/C13H15IO/c14-12-11-4-2-1-3-10(11)9-13(12)5-7-15-8-6-13/h1-4,12H,5-9H2. The van der Waals surface area contributed by atoms with Crippen molar-refractivity contribution in [2.75, 3.05) is 13.2 Å². The summed E-state index contributed by atoms with van der Waals surface area (Å²) < 4.78 is 6.19. The number of rotatable bonds is 0. The summed E-state index contributed by atoms with van der Waals surface area (Å²) in [7, 11) is 0. The minimum absolute atomic E-state index is 0.502. The average molecular weight is 314 g/mol. The lowest BCUT2D eigenvalue weighted by Crippen LogP contribution is -2.31. The van der Waals surface area contributed by atoms with E-state index in [1.165, 1.54) is 19.3 Å². The van der Waals surface area contributed by atoms with Crippen LogP contribution in [0.2, 0.25) is 0 Å². The number of fused-ring (bicyclic) bond motifs is 1. The predicted molar refractivity (Wildman–Crippen MR) is 69.4 cm³/mol. The van der Waals surface area contributed by atoms with Gasteiger partial charge >= 0.3 is 0 Å². The molecule has 1 fully saturated rings. The molecule has 15 heavy (non-hydrogen) atoms. The minimum atomic E-state index is 0.502. The quantitative estimate of drug-likeness (QED) is 0.526. The first-order chi connectivity index (χ1) is 7.32. The van der Waals surface area contributed by atoms with E-state index >= 15 is 0 Å². The summed E-state index contributed by atoms with van der Waals surface area (Å²) in [6, 6.07) is 8.94. The van der Waals surface area contributed by atoms with Gasteiger partial charge in [0.2, 0.25) is 0 Å². The van der Waals surface area contributed by atoms with Crippen LogP contribution in [-0.4, -0.2) is 13.2 Å². The molecule has 2 aliphatic rings. The molecule has 1 heterocycles. The lowest BCUT2D eigenvalue weighted by molar-refractivity contribution is 0.0205. The molecule has 2 heteroatoms. The maximum atomic E-state index is 5.50. The van der Waals surface area contributed by atoms with Crippen LogP contribution in [0.3, 0.4) is 0 Å². The van der Waals surface area contributed by atoms with Crippen molar-refractivity contribution < 1.29 is 4.74 Å². The van der Waals surface area contributed by atoms with Crippen molar-refractivity contribution in [1.29, 1.82) is 0 Å². The molecule has 1 atom stereocenters. The maximum Gasteiger partial charge on any atom is 0.0471 e. The zero-order valence-corrected chi connectivity index (χ0v) is 10.9. The second kappa shape index (κ2) is 3.74. The molecule has 0 bridgehead atoms. The van der Waals surface area contributed by atoms with E-state index in [0.717, 1.165) is 13.2 Å². The summed E-state index contributed by atoms with van der Waals surface area (Å²) in [6.45, 7) is 1.90. The number of hydrogen-bond donors (Lipinski definition) is 0. The van der Waals surface area contributed by atoms with Gasteiger partial charge in [0, 0.05) is 17.1 Å². The number of hydrogen-bond acceptors (Lipinski definition) is 1. The van der Waals surface area contributed by atoms with Gasteiger partial charge in [0.25, 0.3) is 0 Å². The van der Waals surface area contributed by atoms with Gasteiger partial charge in [0.15, 0.2) is 0 Å². The van der Waals surface area contributed by atoms with E-state index in [9.17, 15) is 0 Å². The lowest BCUT2D eigenvalue weighted by Gasteiger charge is -2.36. The molecule has 1 saturated heterocycles. The highest BCUT2D eigenvalue weighted by Crippen LogP contribution is 2.56. The second-order valence-electron chi connectivity index (χ2n) is 4.71. The van der Waals surface area contributed by atoms with E-state index in [1.807, 2.05) is 0 Å². The first kappa shape index (κ1) is 10.1. The van der Waals surface area contributed by atoms with Crippen molar-refractivity contribution >= 4 is 22.6 Å². The highest BCUT2D eigenvalue weighted by molar-refractivity contribution is 14.1. The molecule has 0 saturated carbocycles. The van der Waals surface area contributed by atoms with Crippen molar-refractivity contribution in [3.8, 4) is 0 Å². The normalized spacial score (nSPS) is 27.9. The van der Waals surface area contributed by atoms with E-state index in [2.05, 4.69) is 46.9 Å². The molecule has 1 aliphatic carbocycles. The number of alkyl halides is 1. The molecule has 0 amide bonds. The van der Waals surface area contributed by atoms with E-state index in [0.29, 0.717) is 9.34 Å². The summed E-state index contributed by atoms with van der Waals surface area (Å²) in [5.74, 6) is 0. The first-order valence-corrected chi connectivity index (χ1v) is 6.86. The van der Waals surface area contributed by atoms with E-state index in [-0.39, 0.29) is 0 Å². The number of ether oxygens (including phenoxy) is 1. The third-order valence-corrected chi connectivity index (χ3v) is 5.89. The molecule has 80 valence electrons. The maximum absolute atomic E-state index is 5.50. The zero-order chi connectivity index (χ0) is 10.3. The van der Waals surface area contributed by atoms with Crippen LogP contribution >= 0.6 is 22.6 Å². The molecule has 1 aromatic carbocycles.